The molecule has 0 rings (SSSR count). The van der Waals surface area contributed by atoms with Crippen LogP contribution in [-0.2, 0) is 49.2 Å². The number of nitrogens with zero attached hydrogens (tertiary/aromatic N) is 1. The maximum absolute atomic E-state index is 11.8. The number of aliphatic carboxylic acids is 2. The first kappa shape index (κ1) is 41.0. The van der Waals surface area contributed by atoms with Crippen LogP contribution in [-0.4, -0.2) is 79.0 Å². The van der Waals surface area contributed by atoms with Gasteiger partial charge < -0.3 is 46.2 Å². The van der Waals surface area contributed by atoms with Crippen LogP contribution >= 0.6 is 0 Å². The van der Waals surface area contributed by atoms with Gasteiger partial charge in [-0.05, 0) is 25.7 Å². The van der Waals surface area contributed by atoms with E-state index < -0.39 is 34.5 Å². The summed E-state index contributed by atoms with van der Waals surface area (Å²) in [7, 11) is 0. The molecule has 34 heavy (non-hydrogen) atoms. The van der Waals surface area contributed by atoms with Crippen LogP contribution < -0.4 is 38.0 Å². The summed E-state index contributed by atoms with van der Waals surface area (Å²) in [4.78, 5) is 69.8. The second kappa shape index (κ2) is 25.9. The average Bonchev–Trinajstić information content (AvgIpc) is 2.79. The molecule has 0 bridgehead atoms. The summed E-state index contributed by atoms with van der Waals surface area (Å²) >= 11 is 0. The van der Waals surface area contributed by atoms with Gasteiger partial charge in [-0.15, -0.1) is 0 Å². The fourth-order valence-electron chi connectivity index (χ4n) is 2.04. The number of hydrazine groups is 1. The minimum absolute atomic E-state index is 0. The molecule has 0 aromatic heterocycles. The number of nitrogens with two attached hydrogens (primary N) is 3. The third-order valence-electron chi connectivity index (χ3n) is 3.63. The normalized spacial score (nSPS) is 12.0. The predicted molar refractivity (Wildman–Crippen MR) is 109 cm³/mol. The number of hydrogen-bond acceptors (Lipinski definition) is 11. The van der Waals surface area contributed by atoms with Crippen LogP contribution in [0.3, 0.4) is 0 Å². The van der Waals surface area contributed by atoms with Crippen LogP contribution in [0.15, 0.2) is 0 Å². The standard InChI is InChI=1S/C13H25N7O7.3CHO.Re/c14-7-13(16,11(24)25)5-1-4-9(21)18-8(10(22)23)3-2-6-17-12(15)19-20(26)27;3*1-2;/h8H,1-7,14,16H2,(H,18,21)(H,22,23)(H,24,25)(H3,15,17,19);3*1H;/q;3*-1;. The third kappa shape index (κ3) is 21.9. The van der Waals surface area contributed by atoms with E-state index in [9.17, 15) is 29.6 Å². The summed E-state index contributed by atoms with van der Waals surface area (Å²) in [5, 5.41) is 31.6. The minimum Gasteiger partial charge on any atom is -0.548 e. The molecule has 2 atom stereocenters. The fraction of sp³-hybridized carbons (Fsp3) is 0.562. The van der Waals surface area contributed by atoms with Crippen LogP contribution in [0.4, 0.5) is 0 Å². The maximum atomic E-state index is 11.8. The van der Waals surface area contributed by atoms with Gasteiger partial charge in [-0.3, -0.25) is 40.7 Å². The Morgan fingerprint density at radius 3 is 2.00 bits per heavy atom. The molecule has 0 saturated heterocycles. The second-order valence-corrected chi connectivity index (χ2v) is 5.81. The Balaban J connectivity index is -0.000000368. The molecule has 0 fully saturated rings. The summed E-state index contributed by atoms with van der Waals surface area (Å²) in [6.45, 7) is 9.57. The van der Waals surface area contributed by atoms with Crippen molar-refractivity contribution in [2.24, 2.45) is 17.2 Å². The zero-order valence-corrected chi connectivity index (χ0v) is 20.7. The zero-order chi connectivity index (χ0) is 27.0. The number of amides is 1. The number of carbonyl (C=O) groups is 3. The quantitative estimate of drug-likeness (QED) is 0.0183. The van der Waals surface area contributed by atoms with E-state index in [-0.39, 0.29) is 71.6 Å². The number of hydrogen-bond donors (Lipinski definition) is 7. The molecule has 197 valence electrons. The summed E-state index contributed by atoms with van der Waals surface area (Å²) in [6.07, 6.45) is 0.125. The molecule has 0 aliphatic heterocycles. The summed E-state index contributed by atoms with van der Waals surface area (Å²) in [5.74, 6) is -3.70. The smallest absolute Gasteiger partial charge is 0.403 e. The minimum atomic E-state index is -1.64. The van der Waals surface area contributed by atoms with Gasteiger partial charge in [0.2, 0.25) is 10.9 Å². The van der Waals surface area contributed by atoms with Gasteiger partial charge in [0.15, 0.2) is 0 Å². The second-order valence-electron chi connectivity index (χ2n) is 5.81. The number of guanidine groups is 1. The first-order chi connectivity index (χ1) is 15.5. The molecule has 0 aromatic rings. The van der Waals surface area contributed by atoms with Crippen LogP contribution in [0.1, 0.15) is 32.1 Å². The predicted octanol–water partition coefficient (Wildman–Crippen LogP) is -6.74. The van der Waals surface area contributed by atoms with Gasteiger partial charge in [-0.1, -0.05) is 0 Å². The van der Waals surface area contributed by atoms with Crippen molar-refractivity contribution in [1.82, 2.24) is 10.7 Å². The molecule has 0 heterocycles. The molecular weight excluding hydrogens is 636 g/mol. The van der Waals surface area contributed by atoms with E-state index in [1.807, 2.05) is 0 Å². The van der Waals surface area contributed by atoms with E-state index in [2.05, 4.69) is 30.7 Å². The molecule has 0 aliphatic carbocycles. The number of rotatable bonds is 13. The van der Waals surface area contributed by atoms with Crippen molar-refractivity contribution in [3.63, 3.8) is 0 Å². The van der Waals surface area contributed by atoms with Crippen molar-refractivity contribution in [3.8, 4) is 0 Å². The van der Waals surface area contributed by atoms with Gasteiger partial charge in [-0.2, -0.15) is 0 Å². The first-order valence-corrected chi connectivity index (χ1v) is 8.72. The zero-order valence-electron chi connectivity index (χ0n) is 17.9. The Kier molecular flexibility index (Phi) is 31.2. The summed E-state index contributed by atoms with van der Waals surface area (Å²) in [5.41, 5.74) is 16.2. The average molecular weight is 665 g/mol. The van der Waals surface area contributed by atoms with Gasteiger partial charge in [0.25, 0.3) is 0 Å². The van der Waals surface area contributed by atoms with Gasteiger partial charge in [0.05, 0.1) is 18.6 Å². The van der Waals surface area contributed by atoms with E-state index in [1.54, 1.807) is 5.43 Å². The Hall–Kier alpha value is -3.33. The van der Waals surface area contributed by atoms with Gasteiger partial charge in [0, 0.05) is 38.8 Å². The van der Waals surface area contributed by atoms with Crippen molar-refractivity contribution < 1.29 is 69.4 Å². The largest absolute Gasteiger partial charge is 0.548 e. The molecule has 1 amide bonds. The molecule has 17 nitrogen and oxygen atoms in total. The van der Waals surface area contributed by atoms with Crippen molar-refractivity contribution in [1.29, 1.82) is 0 Å². The Labute approximate surface area is 208 Å². The van der Waals surface area contributed by atoms with E-state index in [1.165, 1.54) is 0 Å². The van der Waals surface area contributed by atoms with Gasteiger partial charge in [-0.25, -0.2) is 10.1 Å². The van der Waals surface area contributed by atoms with Crippen molar-refractivity contribution in [2.45, 2.75) is 43.7 Å². The molecule has 2 unspecified atom stereocenters. The molecule has 0 aliphatic rings. The van der Waals surface area contributed by atoms with Crippen molar-refractivity contribution in [2.75, 3.05) is 13.1 Å². The Morgan fingerprint density at radius 2 is 1.62 bits per heavy atom. The monoisotopic (exact) mass is 665 g/mol. The summed E-state index contributed by atoms with van der Waals surface area (Å²) in [6, 6.07) is -1.28. The Bertz CT molecular complexity index is 637. The number of nitro groups is 1. The molecule has 18 heteroatoms. The van der Waals surface area contributed by atoms with E-state index in [0.717, 1.165) is 0 Å². The third-order valence-corrected chi connectivity index (χ3v) is 3.63. The van der Waals surface area contributed by atoms with Crippen LogP contribution in [0.25, 0.3) is 0 Å². The molecule has 10 N–H and O–H groups in total. The SMILES string of the molecule is NCC(N)(CCCC(=O)NC(CCC[NH+]=C(N)N[N+](=O)[O-])C(=O)[O-])C(=O)O.[CH-]=O.[CH-]=O.[CH-]=O.[Re]. The topological polar surface area (TPSA) is 305 Å². The van der Waals surface area contributed by atoms with Crippen LogP contribution in [0.5, 0.6) is 0 Å². The molecular formula is C16H28N7O10Re-3. The van der Waals surface area contributed by atoms with Gasteiger partial charge in [0.1, 0.15) is 5.54 Å². The number of carbonyl (C=O) groups excluding carboxylic acids is 5. The molecule has 0 aromatic carbocycles. The number of nitrogens with one attached hydrogen (secondary N) is 3. The molecule has 1 radical (unpaired) electrons. The number of carboxylic acid groups (broad SMARTS) is 2. The Morgan fingerprint density at radius 1 is 1.12 bits per heavy atom. The van der Waals surface area contributed by atoms with E-state index >= 15 is 0 Å². The van der Waals surface area contributed by atoms with E-state index in [4.69, 9.17) is 36.7 Å². The molecule has 0 spiro atoms. The molecule has 0 saturated carbocycles. The first-order valence-electron chi connectivity index (χ1n) is 8.72. The maximum Gasteiger partial charge on any atom is 0.403 e. The van der Waals surface area contributed by atoms with Crippen LogP contribution in [0.2, 0.25) is 0 Å². The van der Waals surface area contributed by atoms with Gasteiger partial charge >= 0.3 is 11.9 Å². The van der Waals surface area contributed by atoms with Crippen molar-refractivity contribution in [3.05, 3.63) is 10.1 Å². The number of carboxylic acids is 2. The van der Waals surface area contributed by atoms with Crippen LogP contribution in [0, 0.1) is 10.1 Å². The summed E-state index contributed by atoms with van der Waals surface area (Å²) < 4.78 is 0. The van der Waals surface area contributed by atoms with E-state index in [0.29, 0.717) is 0 Å². The van der Waals surface area contributed by atoms with Crippen molar-refractivity contribution >= 4 is 44.2 Å². The fourth-order valence-corrected chi connectivity index (χ4v) is 2.04.